The second-order valence-corrected chi connectivity index (χ2v) is 3.61. The molecule has 5 nitrogen and oxygen atoms in total. The van der Waals surface area contributed by atoms with Crippen LogP contribution in [-0.4, -0.2) is 17.3 Å². The van der Waals surface area contributed by atoms with E-state index in [2.05, 4.69) is 0 Å². The Bertz CT molecular complexity index is 525. The van der Waals surface area contributed by atoms with Crippen molar-refractivity contribution >= 4 is 11.5 Å². The highest BCUT2D eigenvalue weighted by atomic mass is 19.4. The summed E-state index contributed by atoms with van der Waals surface area (Å²) >= 11 is 0. The van der Waals surface area contributed by atoms with Crippen LogP contribution in [-0.2, 0) is 6.18 Å². The predicted octanol–water partition coefficient (Wildman–Crippen LogP) is 3.21. The Kier molecular flexibility index (Phi) is 4.13. The summed E-state index contributed by atoms with van der Waals surface area (Å²) in [5.74, 6) is -1.41. The number of Topliss-reactive ketones (excluding diaryl/α,β-unsaturated/α-hetero) is 1. The van der Waals surface area contributed by atoms with E-state index in [9.17, 15) is 28.1 Å². The van der Waals surface area contributed by atoms with Gasteiger partial charge in [-0.3, -0.25) is 14.9 Å². The number of ether oxygens (including phenoxy) is 1. The van der Waals surface area contributed by atoms with Crippen molar-refractivity contribution in [2.75, 3.05) is 6.61 Å². The highest BCUT2D eigenvalue weighted by Gasteiger charge is 2.38. The van der Waals surface area contributed by atoms with Gasteiger partial charge in [-0.25, -0.2) is 0 Å². The molecule has 0 aliphatic rings. The van der Waals surface area contributed by atoms with Crippen molar-refractivity contribution in [3.8, 4) is 5.75 Å². The summed E-state index contributed by atoms with van der Waals surface area (Å²) in [4.78, 5) is 20.9. The summed E-state index contributed by atoms with van der Waals surface area (Å²) < 4.78 is 43.4. The summed E-state index contributed by atoms with van der Waals surface area (Å²) in [5, 5.41) is 10.6. The molecule has 0 saturated carbocycles. The lowest BCUT2D eigenvalue weighted by molar-refractivity contribution is -0.385. The molecular formula is C11H10F3NO4. The number of carbonyl (C=O) groups is 1. The minimum absolute atomic E-state index is 0.0961. The van der Waals surface area contributed by atoms with E-state index in [1.165, 1.54) is 6.92 Å². The van der Waals surface area contributed by atoms with Crippen LogP contribution in [0.25, 0.3) is 0 Å². The van der Waals surface area contributed by atoms with Gasteiger partial charge in [-0.15, -0.1) is 0 Å². The number of hydrogen-bond acceptors (Lipinski definition) is 4. The van der Waals surface area contributed by atoms with Crippen molar-refractivity contribution in [3.63, 3.8) is 0 Å². The van der Waals surface area contributed by atoms with Crippen molar-refractivity contribution in [2.24, 2.45) is 0 Å². The zero-order valence-electron chi connectivity index (χ0n) is 10.1. The Labute approximate surface area is 106 Å². The van der Waals surface area contributed by atoms with Crippen LogP contribution in [0.15, 0.2) is 12.1 Å². The first-order valence-electron chi connectivity index (χ1n) is 5.21. The molecular weight excluding hydrogens is 267 g/mol. The van der Waals surface area contributed by atoms with Crippen molar-refractivity contribution in [1.82, 2.24) is 0 Å². The summed E-state index contributed by atoms with van der Waals surface area (Å²) in [6.45, 7) is 2.37. The van der Waals surface area contributed by atoms with Gasteiger partial charge in [0, 0.05) is 12.1 Å². The molecule has 19 heavy (non-hydrogen) atoms. The van der Waals surface area contributed by atoms with E-state index in [0.29, 0.717) is 6.07 Å². The molecule has 0 radical (unpaired) electrons. The summed E-state index contributed by atoms with van der Waals surface area (Å²) in [5.41, 5.74) is -2.59. The Morgan fingerprint density at radius 1 is 1.42 bits per heavy atom. The van der Waals surface area contributed by atoms with Crippen molar-refractivity contribution in [2.45, 2.75) is 20.0 Å². The fraction of sp³-hybridized carbons (Fsp3) is 0.364. The van der Waals surface area contributed by atoms with E-state index in [1.54, 1.807) is 0 Å². The Hall–Kier alpha value is -2.12. The van der Waals surface area contributed by atoms with Crippen LogP contribution < -0.4 is 4.74 Å². The number of nitro benzene ring substituents is 1. The van der Waals surface area contributed by atoms with E-state index in [-0.39, 0.29) is 6.61 Å². The standard InChI is InChI=1S/C11H10F3NO4/c1-3-19-10-8(6(2)16)4-7(15(17)18)5-9(10)11(12,13)14/h4-5H,3H2,1-2H3. The Balaban J connectivity index is 3.65. The van der Waals surface area contributed by atoms with Gasteiger partial charge in [0.15, 0.2) is 5.78 Å². The van der Waals surface area contributed by atoms with Gasteiger partial charge in [-0.2, -0.15) is 13.2 Å². The van der Waals surface area contributed by atoms with Crippen LogP contribution in [0.1, 0.15) is 29.8 Å². The molecule has 0 aliphatic heterocycles. The van der Waals surface area contributed by atoms with E-state index in [4.69, 9.17) is 4.74 Å². The first-order chi connectivity index (χ1) is 8.68. The first-order valence-corrected chi connectivity index (χ1v) is 5.21. The number of halogens is 3. The van der Waals surface area contributed by atoms with Gasteiger partial charge < -0.3 is 4.74 Å². The first kappa shape index (κ1) is 14.9. The molecule has 0 bridgehead atoms. The minimum atomic E-state index is -4.85. The Morgan fingerprint density at radius 3 is 2.37 bits per heavy atom. The zero-order valence-corrected chi connectivity index (χ0v) is 10.1. The van der Waals surface area contributed by atoms with Crippen molar-refractivity contribution in [1.29, 1.82) is 0 Å². The van der Waals surface area contributed by atoms with Gasteiger partial charge in [0.25, 0.3) is 5.69 Å². The van der Waals surface area contributed by atoms with E-state index in [1.807, 2.05) is 0 Å². The van der Waals surface area contributed by atoms with Crippen LogP contribution in [0.2, 0.25) is 0 Å². The van der Waals surface area contributed by atoms with Gasteiger partial charge in [-0.1, -0.05) is 0 Å². The lowest BCUT2D eigenvalue weighted by atomic mass is 10.0. The van der Waals surface area contributed by atoms with Crippen LogP contribution in [0.3, 0.4) is 0 Å². The summed E-state index contributed by atoms with van der Waals surface area (Å²) in [6, 6.07) is 1.14. The van der Waals surface area contributed by atoms with Crippen LogP contribution in [0, 0.1) is 10.1 Å². The molecule has 0 unspecified atom stereocenters. The van der Waals surface area contributed by atoms with Crippen LogP contribution in [0.5, 0.6) is 5.75 Å². The largest absolute Gasteiger partial charge is 0.492 e. The molecule has 0 amide bonds. The normalized spacial score (nSPS) is 11.2. The fourth-order valence-electron chi connectivity index (χ4n) is 1.49. The van der Waals surface area contributed by atoms with Gasteiger partial charge in [0.2, 0.25) is 0 Å². The topological polar surface area (TPSA) is 69.4 Å². The predicted molar refractivity (Wildman–Crippen MR) is 59.3 cm³/mol. The highest BCUT2D eigenvalue weighted by molar-refractivity contribution is 5.98. The van der Waals surface area contributed by atoms with E-state index >= 15 is 0 Å². The molecule has 0 fully saturated rings. The number of carbonyl (C=O) groups excluding carboxylic acids is 1. The number of nitrogens with zero attached hydrogens (tertiary/aromatic N) is 1. The molecule has 104 valence electrons. The number of rotatable bonds is 4. The van der Waals surface area contributed by atoms with E-state index < -0.39 is 39.4 Å². The lowest BCUT2D eigenvalue weighted by Gasteiger charge is -2.15. The smallest absolute Gasteiger partial charge is 0.420 e. The maximum Gasteiger partial charge on any atom is 0.420 e. The van der Waals surface area contributed by atoms with E-state index in [0.717, 1.165) is 13.0 Å². The van der Waals surface area contributed by atoms with Crippen LogP contribution in [0.4, 0.5) is 18.9 Å². The molecule has 1 rings (SSSR count). The summed E-state index contributed by atoms with van der Waals surface area (Å²) in [6.07, 6.45) is -4.85. The molecule has 0 heterocycles. The second kappa shape index (κ2) is 5.25. The summed E-state index contributed by atoms with van der Waals surface area (Å²) in [7, 11) is 0. The third kappa shape index (κ3) is 3.21. The molecule has 0 spiro atoms. The maximum atomic E-state index is 12.8. The molecule has 8 heteroatoms. The monoisotopic (exact) mass is 277 g/mol. The average Bonchev–Trinajstić information content (AvgIpc) is 2.27. The number of ketones is 1. The number of nitro groups is 1. The number of non-ortho nitro benzene ring substituents is 1. The second-order valence-electron chi connectivity index (χ2n) is 3.61. The quantitative estimate of drug-likeness (QED) is 0.481. The third-order valence-electron chi connectivity index (χ3n) is 2.26. The van der Waals surface area contributed by atoms with Gasteiger partial charge in [0.1, 0.15) is 11.3 Å². The fourth-order valence-corrected chi connectivity index (χ4v) is 1.49. The van der Waals surface area contributed by atoms with Crippen LogP contribution >= 0.6 is 0 Å². The SMILES string of the molecule is CCOc1c(C(C)=O)cc([N+](=O)[O-])cc1C(F)(F)F. The molecule has 1 aromatic carbocycles. The third-order valence-corrected chi connectivity index (χ3v) is 2.26. The number of benzene rings is 1. The lowest BCUT2D eigenvalue weighted by Crippen LogP contribution is -2.13. The molecule has 0 saturated heterocycles. The Morgan fingerprint density at radius 2 is 2.00 bits per heavy atom. The molecule has 0 aliphatic carbocycles. The van der Waals surface area contributed by atoms with Gasteiger partial charge in [-0.05, 0) is 13.8 Å². The van der Waals surface area contributed by atoms with Crippen molar-refractivity contribution in [3.05, 3.63) is 33.4 Å². The van der Waals surface area contributed by atoms with Crippen molar-refractivity contribution < 1.29 is 27.6 Å². The minimum Gasteiger partial charge on any atom is -0.492 e. The number of alkyl halides is 3. The maximum absolute atomic E-state index is 12.8. The highest BCUT2D eigenvalue weighted by Crippen LogP contribution is 2.41. The molecule has 1 aromatic rings. The molecule has 0 N–H and O–H groups in total. The van der Waals surface area contributed by atoms with Gasteiger partial charge in [0.05, 0.1) is 17.1 Å². The van der Waals surface area contributed by atoms with Gasteiger partial charge >= 0.3 is 6.18 Å². The number of hydrogen-bond donors (Lipinski definition) is 0. The zero-order chi connectivity index (χ0) is 14.8. The molecule has 0 atom stereocenters. The molecule has 0 aromatic heterocycles. The average molecular weight is 277 g/mol.